The molecule has 0 amide bonds. The van der Waals surface area contributed by atoms with Gasteiger partial charge in [-0.05, 0) is 37.8 Å². The molecular weight excluding hydrogens is 393 g/mol. The first kappa shape index (κ1) is 20.1. The Kier molecular flexibility index (Phi) is 4.80. The fraction of sp³-hybridized carbons (Fsp3) is 0.625. The van der Waals surface area contributed by atoms with Crippen LogP contribution in [0.2, 0.25) is 0 Å². The second-order valence-electron chi connectivity index (χ2n) is 6.74. The molecule has 0 saturated carbocycles. The first-order valence-electron chi connectivity index (χ1n) is 8.07. The van der Waals surface area contributed by atoms with Crippen LogP contribution in [0.3, 0.4) is 0 Å². The number of alkyl halides is 9. The minimum absolute atomic E-state index is 0.0909. The highest BCUT2D eigenvalue weighted by atomic mass is 19.4. The van der Waals surface area contributed by atoms with E-state index >= 15 is 0 Å². The fourth-order valence-corrected chi connectivity index (χ4v) is 3.61. The summed E-state index contributed by atoms with van der Waals surface area (Å²) in [4.78, 5) is 0. The maximum absolute atomic E-state index is 13.3. The van der Waals surface area contributed by atoms with E-state index in [1.54, 1.807) is 0 Å². The number of fused-ring (bicyclic) bond motifs is 2. The third-order valence-electron chi connectivity index (χ3n) is 4.74. The molecule has 27 heavy (non-hydrogen) atoms. The summed E-state index contributed by atoms with van der Waals surface area (Å²) in [5.74, 6) is -1.59. The fourth-order valence-electron chi connectivity index (χ4n) is 3.61. The van der Waals surface area contributed by atoms with Crippen molar-refractivity contribution in [3.8, 4) is 5.75 Å². The van der Waals surface area contributed by atoms with Crippen molar-refractivity contribution in [2.45, 2.75) is 62.4 Å². The molecule has 1 aromatic rings. The van der Waals surface area contributed by atoms with Crippen LogP contribution in [0.5, 0.6) is 5.75 Å². The molecule has 3 rings (SSSR count). The van der Waals surface area contributed by atoms with Gasteiger partial charge < -0.3 is 10.1 Å². The Hall–Kier alpha value is -1.65. The molecule has 0 radical (unpaired) electrons. The van der Waals surface area contributed by atoms with Gasteiger partial charge in [0.1, 0.15) is 11.9 Å². The molecule has 2 saturated heterocycles. The number of rotatable bonds is 2. The van der Waals surface area contributed by atoms with Gasteiger partial charge in [-0.15, -0.1) is 0 Å². The molecule has 0 aliphatic carbocycles. The molecular formula is C16H14F9NO. The topological polar surface area (TPSA) is 21.3 Å². The summed E-state index contributed by atoms with van der Waals surface area (Å²) < 4.78 is 123. The Bertz CT molecular complexity index is 660. The van der Waals surface area contributed by atoms with E-state index in [0.717, 1.165) is 12.8 Å². The summed E-state index contributed by atoms with van der Waals surface area (Å²) in [6.07, 6.45) is -15.4. The van der Waals surface area contributed by atoms with Gasteiger partial charge in [0.05, 0.1) is 16.7 Å². The lowest BCUT2D eigenvalue weighted by Gasteiger charge is -2.31. The van der Waals surface area contributed by atoms with Crippen LogP contribution in [0.4, 0.5) is 39.5 Å². The summed E-state index contributed by atoms with van der Waals surface area (Å²) in [5, 5.41) is 3.15. The van der Waals surface area contributed by atoms with Crippen molar-refractivity contribution in [2.75, 3.05) is 0 Å². The Morgan fingerprint density at radius 3 is 1.56 bits per heavy atom. The molecule has 0 aromatic heterocycles. The molecule has 2 atom stereocenters. The molecule has 2 aliphatic rings. The van der Waals surface area contributed by atoms with Crippen molar-refractivity contribution in [1.82, 2.24) is 5.32 Å². The van der Waals surface area contributed by atoms with E-state index in [9.17, 15) is 39.5 Å². The second-order valence-corrected chi connectivity index (χ2v) is 6.74. The monoisotopic (exact) mass is 407 g/mol. The Morgan fingerprint density at radius 1 is 0.741 bits per heavy atom. The molecule has 2 heterocycles. The van der Waals surface area contributed by atoms with Crippen LogP contribution in [0.25, 0.3) is 0 Å². The average molecular weight is 407 g/mol. The van der Waals surface area contributed by atoms with Crippen molar-refractivity contribution in [2.24, 2.45) is 0 Å². The van der Waals surface area contributed by atoms with E-state index in [-0.39, 0.29) is 37.1 Å². The second kappa shape index (κ2) is 6.46. The van der Waals surface area contributed by atoms with Gasteiger partial charge in [-0.3, -0.25) is 0 Å². The Labute approximate surface area is 147 Å². The lowest BCUT2D eigenvalue weighted by molar-refractivity contribution is -0.151. The van der Waals surface area contributed by atoms with Crippen molar-refractivity contribution >= 4 is 0 Å². The van der Waals surface area contributed by atoms with Gasteiger partial charge >= 0.3 is 18.5 Å². The smallest absolute Gasteiger partial charge is 0.419 e. The summed E-state index contributed by atoms with van der Waals surface area (Å²) in [5.41, 5.74) is -6.18. The number of halogens is 9. The summed E-state index contributed by atoms with van der Waals surface area (Å²) in [7, 11) is 0. The third kappa shape index (κ3) is 4.27. The SMILES string of the molecule is FC(F)(F)c1cc(C(F)(F)F)c(OC2CC3CCC(C2)N3)c(C(F)(F)F)c1. The van der Waals surface area contributed by atoms with Crippen LogP contribution in [-0.2, 0) is 18.5 Å². The van der Waals surface area contributed by atoms with Crippen molar-refractivity contribution in [1.29, 1.82) is 0 Å². The average Bonchev–Trinajstić information content (AvgIpc) is 2.82. The highest BCUT2D eigenvalue weighted by molar-refractivity contribution is 5.49. The summed E-state index contributed by atoms with van der Waals surface area (Å²) >= 11 is 0. The van der Waals surface area contributed by atoms with Crippen LogP contribution < -0.4 is 10.1 Å². The third-order valence-corrected chi connectivity index (χ3v) is 4.74. The van der Waals surface area contributed by atoms with Gasteiger partial charge in [0, 0.05) is 12.1 Å². The number of ether oxygens (including phenoxy) is 1. The standard InChI is InChI=1S/C16H14F9NO/c17-14(18,19)7-3-11(15(20,21)22)13(12(4-7)16(23,24)25)27-10-5-8-1-2-9(6-10)26-8/h3-4,8-10,26H,1-2,5-6H2. The maximum atomic E-state index is 13.3. The Morgan fingerprint density at radius 2 is 1.19 bits per heavy atom. The minimum Gasteiger partial charge on any atom is -0.489 e. The van der Waals surface area contributed by atoms with Crippen LogP contribution in [0, 0.1) is 0 Å². The van der Waals surface area contributed by atoms with Crippen LogP contribution in [0.1, 0.15) is 42.4 Å². The number of hydrogen-bond acceptors (Lipinski definition) is 2. The van der Waals surface area contributed by atoms with Crippen molar-refractivity contribution in [3.63, 3.8) is 0 Å². The van der Waals surface area contributed by atoms with Crippen LogP contribution in [-0.4, -0.2) is 18.2 Å². The van der Waals surface area contributed by atoms with E-state index < -0.39 is 47.1 Å². The molecule has 0 spiro atoms. The van der Waals surface area contributed by atoms with E-state index in [1.807, 2.05) is 0 Å². The quantitative estimate of drug-likeness (QED) is 0.663. The molecule has 2 nitrogen and oxygen atoms in total. The van der Waals surface area contributed by atoms with E-state index in [0.29, 0.717) is 0 Å². The zero-order valence-corrected chi connectivity index (χ0v) is 13.5. The van der Waals surface area contributed by atoms with Gasteiger partial charge in [-0.25, -0.2) is 0 Å². The number of hydrogen-bond donors (Lipinski definition) is 1. The first-order valence-corrected chi connectivity index (χ1v) is 8.07. The number of piperidine rings is 1. The highest BCUT2D eigenvalue weighted by Crippen LogP contribution is 2.48. The van der Waals surface area contributed by atoms with Crippen molar-refractivity contribution < 1.29 is 44.3 Å². The van der Waals surface area contributed by atoms with Gasteiger partial charge in [0.15, 0.2) is 0 Å². The Balaban J connectivity index is 2.09. The summed E-state index contributed by atoms with van der Waals surface area (Å²) in [6.45, 7) is 0. The molecule has 1 N–H and O–H groups in total. The zero-order valence-electron chi connectivity index (χ0n) is 13.5. The normalized spacial score (nSPS) is 26.3. The van der Waals surface area contributed by atoms with E-state index in [2.05, 4.69) is 5.32 Å². The maximum Gasteiger partial charge on any atom is 0.419 e. The number of nitrogens with one attached hydrogen (secondary N) is 1. The summed E-state index contributed by atoms with van der Waals surface area (Å²) in [6, 6.07) is -0.848. The molecule has 2 bridgehead atoms. The predicted octanol–water partition coefficient (Wildman–Crippen LogP) is 5.40. The first-order chi connectivity index (χ1) is 12.2. The van der Waals surface area contributed by atoms with Gasteiger partial charge in [0.25, 0.3) is 0 Å². The van der Waals surface area contributed by atoms with Gasteiger partial charge in [0.2, 0.25) is 0 Å². The van der Waals surface area contributed by atoms with Crippen molar-refractivity contribution in [3.05, 3.63) is 28.8 Å². The lowest BCUT2D eigenvalue weighted by Crippen LogP contribution is -2.42. The molecule has 2 unspecified atom stereocenters. The van der Waals surface area contributed by atoms with Gasteiger partial charge in [-0.1, -0.05) is 0 Å². The van der Waals surface area contributed by atoms with E-state index in [4.69, 9.17) is 4.74 Å². The molecule has 152 valence electrons. The predicted molar refractivity (Wildman–Crippen MR) is 75.0 cm³/mol. The zero-order chi connectivity index (χ0) is 20.2. The van der Waals surface area contributed by atoms with Gasteiger partial charge in [-0.2, -0.15) is 39.5 Å². The molecule has 11 heteroatoms. The molecule has 2 aliphatic heterocycles. The van der Waals surface area contributed by atoms with E-state index in [1.165, 1.54) is 0 Å². The molecule has 2 fully saturated rings. The van der Waals surface area contributed by atoms with Crippen LogP contribution >= 0.6 is 0 Å². The van der Waals surface area contributed by atoms with Crippen LogP contribution in [0.15, 0.2) is 12.1 Å². The number of benzene rings is 1. The molecule has 1 aromatic carbocycles. The highest BCUT2D eigenvalue weighted by Gasteiger charge is 2.47. The minimum atomic E-state index is -5.44. The largest absolute Gasteiger partial charge is 0.489 e. The lowest BCUT2D eigenvalue weighted by atomic mass is 10.00.